The van der Waals surface area contributed by atoms with Crippen molar-refractivity contribution in [2.75, 3.05) is 11.9 Å². The Bertz CT molecular complexity index is 1570. The Labute approximate surface area is 209 Å². The van der Waals surface area contributed by atoms with Crippen molar-refractivity contribution in [2.24, 2.45) is 7.05 Å². The standard InChI is InChI=1S/C25H23F2N7O3/c1-3-22(35)33-8-4-5-18(33)14-34-23-15(11-28-25(31-23)30-17-12-29-32(2)13-17)9-21(24(34)36)37-20-7-6-16(26)10-19(20)27/h3,6-7,9-13,18H,1,4-5,8,14H2,2H3,(H,28,30,31). The second-order valence-corrected chi connectivity index (χ2v) is 8.63. The van der Waals surface area contributed by atoms with Crippen LogP contribution in [0.1, 0.15) is 12.8 Å². The van der Waals surface area contributed by atoms with Crippen molar-refractivity contribution >= 4 is 28.6 Å². The van der Waals surface area contributed by atoms with E-state index in [9.17, 15) is 18.4 Å². The maximum atomic E-state index is 14.3. The number of ether oxygens (including phenoxy) is 1. The third-order valence-electron chi connectivity index (χ3n) is 6.10. The number of benzene rings is 1. The molecule has 0 spiro atoms. The molecule has 1 N–H and O–H groups in total. The molecule has 1 aromatic carbocycles. The summed E-state index contributed by atoms with van der Waals surface area (Å²) in [6, 6.07) is 3.94. The van der Waals surface area contributed by atoms with Crippen LogP contribution in [0.15, 0.2) is 60.3 Å². The summed E-state index contributed by atoms with van der Waals surface area (Å²) in [6.07, 6.45) is 7.55. The Morgan fingerprint density at radius 2 is 2.11 bits per heavy atom. The lowest BCUT2D eigenvalue weighted by atomic mass is 10.2. The number of amides is 1. The first kappa shape index (κ1) is 24.1. The number of pyridine rings is 1. The summed E-state index contributed by atoms with van der Waals surface area (Å²) in [7, 11) is 1.77. The minimum atomic E-state index is -0.947. The average Bonchev–Trinajstić information content (AvgIpc) is 3.51. The number of rotatable bonds is 7. The molecule has 1 unspecified atom stereocenters. The van der Waals surface area contributed by atoms with Crippen LogP contribution in [0.5, 0.6) is 11.5 Å². The number of anilines is 2. The zero-order valence-corrected chi connectivity index (χ0v) is 19.9. The molecule has 1 aliphatic heterocycles. The zero-order chi connectivity index (χ0) is 26.1. The van der Waals surface area contributed by atoms with Crippen LogP contribution in [0.3, 0.4) is 0 Å². The van der Waals surface area contributed by atoms with Crippen molar-refractivity contribution in [3.8, 4) is 11.5 Å². The van der Waals surface area contributed by atoms with Crippen LogP contribution in [0, 0.1) is 11.6 Å². The van der Waals surface area contributed by atoms with Gasteiger partial charge < -0.3 is 15.0 Å². The molecule has 0 aliphatic carbocycles. The van der Waals surface area contributed by atoms with E-state index < -0.39 is 17.2 Å². The monoisotopic (exact) mass is 507 g/mol. The predicted octanol–water partition coefficient (Wildman–Crippen LogP) is 3.52. The molecule has 12 heteroatoms. The number of nitrogens with zero attached hydrogens (tertiary/aromatic N) is 6. The van der Waals surface area contributed by atoms with Gasteiger partial charge >= 0.3 is 0 Å². The van der Waals surface area contributed by atoms with Crippen molar-refractivity contribution in [2.45, 2.75) is 25.4 Å². The van der Waals surface area contributed by atoms with E-state index in [1.54, 1.807) is 29.0 Å². The number of carbonyl (C=O) groups excluding carboxylic acids is 1. The molecule has 0 bridgehead atoms. The number of carbonyl (C=O) groups is 1. The molecule has 0 saturated carbocycles. The van der Waals surface area contributed by atoms with E-state index in [-0.39, 0.29) is 35.9 Å². The summed E-state index contributed by atoms with van der Waals surface area (Å²) in [5.74, 6) is -2.20. The molecular formula is C25H23F2N7O3. The lowest BCUT2D eigenvalue weighted by molar-refractivity contribution is -0.127. The Kier molecular flexibility index (Phi) is 6.38. The van der Waals surface area contributed by atoms with Crippen molar-refractivity contribution in [3.63, 3.8) is 0 Å². The average molecular weight is 508 g/mol. The van der Waals surface area contributed by atoms with Gasteiger partial charge in [-0.25, -0.2) is 13.8 Å². The molecule has 1 amide bonds. The number of fused-ring (bicyclic) bond motifs is 1. The van der Waals surface area contributed by atoms with Crippen molar-refractivity contribution in [3.05, 3.63) is 77.5 Å². The molecular weight excluding hydrogens is 484 g/mol. The number of aryl methyl sites for hydroxylation is 1. The zero-order valence-electron chi connectivity index (χ0n) is 19.9. The van der Waals surface area contributed by atoms with Gasteiger partial charge in [0.05, 0.1) is 17.9 Å². The Morgan fingerprint density at radius 3 is 2.84 bits per heavy atom. The van der Waals surface area contributed by atoms with E-state index in [2.05, 4.69) is 27.0 Å². The van der Waals surface area contributed by atoms with Gasteiger partial charge in [-0.2, -0.15) is 10.1 Å². The first-order chi connectivity index (χ1) is 17.8. The molecule has 4 heterocycles. The van der Waals surface area contributed by atoms with E-state index in [1.165, 1.54) is 22.9 Å². The molecule has 10 nitrogen and oxygen atoms in total. The topological polar surface area (TPSA) is 107 Å². The number of hydrogen-bond acceptors (Lipinski definition) is 7. The summed E-state index contributed by atoms with van der Waals surface area (Å²) < 4.78 is 36.2. The molecule has 190 valence electrons. The van der Waals surface area contributed by atoms with Crippen LogP contribution < -0.4 is 15.6 Å². The molecule has 5 rings (SSSR count). The van der Waals surface area contributed by atoms with Crippen LogP contribution in [0.2, 0.25) is 0 Å². The van der Waals surface area contributed by atoms with Gasteiger partial charge in [0, 0.05) is 44.0 Å². The normalized spacial score (nSPS) is 15.2. The van der Waals surface area contributed by atoms with Gasteiger partial charge in [-0.1, -0.05) is 6.58 Å². The SMILES string of the molecule is C=CC(=O)N1CCCC1Cn1c(=O)c(Oc2ccc(F)cc2F)cc2cnc(Nc3cnn(C)c3)nc21. The highest BCUT2D eigenvalue weighted by Crippen LogP contribution is 2.27. The first-order valence-electron chi connectivity index (χ1n) is 11.5. The summed E-state index contributed by atoms with van der Waals surface area (Å²) in [6.45, 7) is 4.24. The molecule has 4 aromatic rings. The van der Waals surface area contributed by atoms with E-state index >= 15 is 0 Å². The fourth-order valence-corrected chi connectivity index (χ4v) is 4.37. The highest BCUT2D eigenvalue weighted by atomic mass is 19.1. The van der Waals surface area contributed by atoms with Gasteiger partial charge in [-0.3, -0.25) is 18.8 Å². The Hall–Kier alpha value is -4.61. The summed E-state index contributed by atoms with van der Waals surface area (Å²) in [5.41, 5.74) is 0.373. The molecule has 1 saturated heterocycles. The van der Waals surface area contributed by atoms with Crippen LogP contribution in [0.4, 0.5) is 20.4 Å². The number of nitrogens with one attached hydrogen (secondary N) is 1. The van der Waals surface area contributed by atoms with Gasteiger partial charge in [0.2, 0.25) is 11.9 Å². The molecule has 1 aliphatic rings. The van der Waals surface area contributed by atoms with Gasteiger partial charge in [0.15, 0.2) is 17.3 Å². The number of halogens is 2. The third-order valence-corrected chi connectivity index (χ3v) is 6.10. The summed E-state index contributed by atoms with van der Waals surface area (Å²) >= 11 is 0. The van der Waals surface area contributed by atoms with Crippen molar-refractivity contribution < 1.29 is 18.3 Å². The van der Waals surface area contributed by atoms with Gasteiger partial charge in [0.25, 0.3) is 5.56 Å². The fraction of sp³-hybridized carbons (Fsp3) is 0.240. The highest BCUT2D eigenvalue weighted by Gasteiger charge is 2.29. The van der Waals surface area contributed by atoms with Crippen LogP contribution >= 0.6 is 0 Å². The lowest BCUT2D eigenvalue weighted by Crippen LogP contribution is -2.39. The minimum Gasteiger partial charge on any atom is -0.448 e. The third kappa shape index (κ3) is 4.90. The molecule has 1 fully saturated rings. The van der Waals surface area contributed by atoms with E-state index in [4.69, 9.17) is 4.74 Å². The summed E-state index contributed by atoms with van der Waals surface area (Å²) in [5, 5.41) is 7.60. The molecule has 1 atom stereocenters. The molecule has 3 aromatic heterocycles. The number of hydrogen-bond donors (Lipinski definition) is 1. The van der Waals surface area contributed by atoms with E-state index in [1.807, 2.05) is 0 Å². The fourth-order valence-electron chi connectivity index (χ4n) is 4.37. The van der Waals surface area contributed by atoms with Gasteiger partial charge in [0.1, 0.15) is 11.5 Å². The molecule has 37 heavy (non-hydrogen) atoms. The van der Waals surface area contributed by atoms with Crippen LogP contribution in [0.25, 0.3) is 11.0 Å². The van der Waals surface area contributed by atoms with Gasteiger partial charge in [-0.05, 0) is 37.1 Å². The summed E-state index contributed by atoms with van der Waals surface area (Å²) in [4.78, 5) is 36.5. The minimum absolute atomic E-state index is 0.126. The van der Waals surface area contributed by atoms with Crippen LogP contribution in [-0.2, 0) is 18.4 Å². The van der Waals surface area contributed by atoms with Crippen LogP contribution in [-0.4, -0.2) is 47.7 Å². The lowest BCUT2D eigenvalue weighted by Gasteiger charge is -2.25. The quantitative estimate of drug-likeness (QED) is 0.382. The first-order valence-corrected chi connectivity index (χ1v) is 11.5. The van der Waals surface area contributed by atoms with E-state index in [0.29, 0.717) is 35.8 Å². The highest BCUT2D eigenvalue weighted by molar-refractivity contribution is 5.87. The second-order valence-electron chi connectivity index (χ2n) is 8.63. The predicted molar refractivity (Wildman–Crippen MR) is 132 cm³/mol. The Morgan fingerprint density at radius 1 is 1.27 bits per heavy atom. The number of likely N-dealkylation sites (tertiary alicyclic amines) is 1. The smallest absolute Gasteiger partial charge is 0.295 e. The maximum absolute atomic E-state index is 14.3. The van der Waals surface area contributed by atoms with E-state index in [0.717, 1.165) is 18.6 Å². The van der Waals surface area contributed by atoms with Crippen molar-refractivity contribution in [1.82, 2.24) is 29.2 Å². The Balaban J connectivity index is 1.59. The maximum Gasteiger partial charge on any atom is 0.295 e. The van der Waals surface area contributed by atoms with Crippen molar-refractivity contribution in [1.29, 1.82) is 0 Å². The molecule has 0 radical (unpaired) electrons. The second kappa shape index (κ2) is 9.80. The van der Waals surface area contributed by atoms with Gasteiger partial charge in [-0.15, -0.1) is 0 Å². The number of aromatic nitrogens is 5. The largest absolute Gasteiger partial charge is 0.448 e.